The topological polar surface area (TPSA) is 145 Å². The van der Waals surface area contributed by atoms with E-state index in [-0.39, 0.29) is 23.5 Å². The minimum Gasteiger partial charge on any atom is -0.741 e. The molecule has 2 aromatic carbocycles. The Balaban J connectivity index is 0.000000414. The number of alkyl halides is 3. The number of phosphoric acid groups is 1. The molecule has 0 spiro atoms. The maximum absolute atomic E-state index is 12.9. The van der Waals surface area contributed by atoms with E-state index in [9.17, 15) is 27.9 Å². The molecule has 0 aliphatic carbocycles. The van der Waals surface area contributed by atoms with Gasteiger partial charge in [-0.1, -0.05) is 30.3 Å². The van der Waals surface area contributed by atoms with Gasteiger partial charge < -0.3 is 13.6 Å². The van der Waals surface area contributed by atoms with E-state index in [0.29, 0.717) is 6.61 Å². The van der Waals surface area contributed by atoms with E-state index in [0.717, 1.165) is 30.5 Å². The van der Waals surface area contributed by atoms with Crippen molar-refractivity contribution in [3.05, 3.63) is 70.3 Å². The fraction of sp³-hybridized carbons (Fsp3) is 0.429. The van der Waals surface area contributed by atoms with Gasteiger partial charge in [-0.15, -0.1) is 0 Å². The minimum absolute atomic E-state index is 0.0658. The SMILES string of the molecule is C[N+]1(Cc2ccccc2)CC[C@@H]2OP(=O)(Oc3ccc([N+](=O)[O-])cc3)OC[C@H]2C1.O=S(=O)([O-])C(F)(F)F. The van der Waals surface area contributed by atoms with Crippen molar-refractivity contribution in [2.45, 2.75) is 24.6 Å². The van der Waals surface area contributed by atoms with Gasteiger partial charge in [0.05, 0.1) is 43.7 Å². The van der Waals surface area contributed by atoms with Crippen LogP contribution >= 0.6 is 7.82 Å². The highest BCUT2D eigenvalue weighted by Crippen LogP contribution is 2.56. The Morgan fingerprint density at radius 2 is 1.76 bits per heavy atom. The first kappa shape index (κ1) is 29.0. The summed E-state index contributed by atoms with van der Waals surface area (Å²) in [5.74, 6) is 0.359. The fourth-order valence-corrected chi connectivity index (χ4v) is 5.62. The number of fused-ring (bicyclic) bond motifs is 1. The van der Waals surface area contributed by atoms with E-state index in [2.05, 4.69) is 19.2 Å². The van der Waals surface area contributed by atoms with E-state index >= 15 is 0 Å². The molecule has 2 aliphatic heterocycles. The molecule has 0 bridgehead atoms. The number of nitro groups is 1. The summed E-state index contributed by atoms with van der Waals surface area (Å²) in [6, 6.07) is 15.8. The maximum atomic E-state index is 12.9. The Kier molecular flexibility index (Phi) is 8.67. The largest absolute Gasteiger partial charge is 0.741 e. The van der Waals surface area contributed by atoms with Gasteiger partial charge in [0.2, 0.25) is 0 Å². The van der Waals surface area contributed by atoms with Crippen LogP contribution < -0.4 is 4.52 Å². The lowest BCUT2D eigenvalue weighted by Crippen LogP contribution is -2.57. The van der Waals surface area contributed by atoms with Crippen LogP contribution in [0.25, 0.3) is 0 Å². The van der Waals surface area contributed by atoms with Crippen LogP contribution in [0, 0.1) is 16.0 Å². The number of hydrogen-bond acceptors (Lipinski definition) is 9. The molecule has 0 amide bonds. The highest BCUT2D eigenvalue weighted by atomic mass is 32.2. The number of piperidine rings is 1. The van der Waals surface area contributed by atoms with Crippen LogP contribution in [-0.4, -0.2) is 60.7 Å². The van der Waals surface area contributed by atoms with Gasteiger partial charge in [-0.2, -0.15) is 13.2 Å². The number of nitro benzene ring substituents is 1. The highest BCUT2D eigenvalue weighted by Gasteiger charge is 2.48. The fourth-order valence-electron chi connectivity index (χ4n) is 4.11. The Morgan fingerprint density at radius 1 is 1.16 bits per heavy atom. The normalized spacial score (nSPS) is 27.8. The molecular weight excluding hydrogens is 544 g/mol. The molecule has 2 aliphatic rings. The molecule has 2 fully saturated rings. The van der Waals surface area contributed by atoms with Crippen molar-refractivity contribution < 1.29 is 53.7 Å². The molecule has 2 unspecified atom stereocenters. The summed E-state index contributed by atoms with van der Waals surface area (Å²) in [6.07, 6.45) is 0.583. The van der Waals surface area contributed by atoms with Gasteiger partial charge in [0.25, 0.3) is 5.69 Å². The van der Waals surface area contributed by atoms with Crippen molar-refractivity contribution >= 4 is 23.6 Å². The smallest absolute Gasteiger partial charge is 0.530 e. The van der Waals surface area contributed by atoms with Crippen molar-refractivity contribution in [2.75, 3.05) is 26.7 Å². The third-order valence-corrected chi connectivity index (χ3v) is 7.82. The molecule has 2 heterocycles. The molecule has 4 rings (SSSR count). The zero-order valence-electron chi connectivity index (χ0n) is 19.4. The van der Waals surface area contributed by atoms with Gasteiger partial charge in [0.15, 0.2) is 10.1 Å². The monoisotopic (exact) mass is 568 g/mol. The second-order valence-electron chi connectivity index (χ2n) is 8.85. The van der Waals surface area contributed by atoms with Gasteiger partial charge >= 0.3 is 13.3 Å². The van der Waals surface area contributed by atoms with Crippen molar-refractivity contribution in [2.24, 2.45) is 5.92 Å². The van der Waals surface area contributed by atoms with Crippen molar-refractivity contribution in [3.8, 4) is 5.75 Å². The van der Waals surface area contributed by atoms with Gasteiger partial charge in [-0.05, 0) is 12.1 Å². The van der Waals surface area contributed by atoms with Crippen LogP contribution in [0.5, 0.6) is 5.75 Å². The number of halogens is 3. The zero-order valence-corrected chi connectivity index (χ0v) is 21.2. The molecule has 204 valence electrons. The minimum atomic E-state index is -6.09. The molecule has 0 N–H and O–H groups in total. The van der Waals surface area contributed by atoms with Gasteiger partial charge in [0, 0.05) is 24.1 Å². The Hall–Kier alpha value is -2.55. The summed E-state index contributed by atoms with van der Waals surface area (Å²) in [5.41, 5.74) is -4.42. The van der Waals surface area contributed by atoms with E-state index in [4.69, 9.17) is 26.5 Å². The van der Waals surface area contributed by atoms with Gasteiger partial charge in [-0.3, -0.25) is 19.2 Å². The predicted molar refractivity (Wildman–Crippen MR) is 122 cm³/mol. The second-order valence-corrected chi connectivity index (χ2v) is 11.8. The molecule has 0 aromatic heterocycles. The van der Waals surface area contributed by atoms with Gasteiger partial charge in [-0.25, -0.2) is 13.0 Å². The first-order valence-electron chi connectivity index (χ1n) is 10.9. The number of nitrogens with zero attached hydrogens (tertiary/aromatic N) is 2. The van der Waals surface area contributed by atoms with Crippen LogP contribution in [0.15, 0.2) is 54.6 Å². The summed E-state index contributed by atoms with van der Waals surface area (Å²) < 4.78 is 89.5. The molecule has 16 heteroatoms. The van der Waals surface area contributed by atoms with Crippen LogP contribution in [0.2, 0.25) is 0 Å². The molecular formula is C21H24F3N2O9PS. The number of likely N-dealkylation sites (tertiary alicyclic amines) is 1. The zero-order chi connectivity index (χ0) is 27.5. The standard InChI is InChI=1S/C20H24N2O6P.CHF3O3S/c1-22(13-16-5-3-2-4-6-16)12-11-20-17(14-22)15-26-29(25,28-20)27-19-9-7-18(8-10-19)21(23)24;2-1(3,4)8(5,6)7/h2-10,17,20H,11-15H2,1H3;(H,5,6,7)/q+1;/p-1/t17-,20+,22?,29?;/m1./s1. The number of hydrogen-bond donors (Lipinski definition) is 0. The van der Waals surface area contributed by atoms with Crippen molar-refractivity contribution in [3.63, 3.8) is 0 Å². The summed E-state index contributed by atoms with van der Waals surface area (Å²) in [6.45, 7) is 3.02. The highest BCUT2D eigenvalue weighted by molar-refractivity contribution is 7.86. The third-order valence-electron chi connectivity index (χ3n) is 5.82. The number of rotatable bonds is 5. The maximum Gasteiger partial charge on any atom is 0.530 e. The molecule has 11 nitrogen and oxygen atoms in total. The van der Waals surface area contributed by atoms with Crippen LogP contribution in [0.1, 0.15) is 12.0 Å². The number of non-ortho nitro benzene ring substituents is 1. The summed E-state index contributed by atoms with van der Waals surface area (Å²) in [7, 11) is -7.61. The summed E-state index contributed by atoms with van der Waals surface area (Å²) in [4.78, 5) is 10.2. The number of quaternary nitrogens is 1. The molecule has 37 heavy (non-hydrogen) atoms. The summed E-state index contributed by atoms with van der Waals surface area (Å²) >= 11 is 0. The summed E-state index contributed by atoms with van der Waals surface area (Å²) in [5, 5.41) is 10.7. The third kappa shape index (κ3) is 7.97. The van der Waals surface area contributed by atoms with Crippen molar-refractivity contribution in [1.29, 1.82) is 0 Å². The van der Waals surface area contributed by atoms with E-state index in [1.165, 1.54) is 29.8 Å². The quantitative estimate of drug-likeness (QED) is 0.129. The van der Waals surface area contributed by atoms with E-state index in [1.54, 1.807) is 0 Å². The molecule has 2 saturated heterocycles. The predicted octanol–water partition coefficient (Wildman–Crippen LogP) is 4.22. The Bertz CT molecular complexity index is 1250. The number of phosphoric ester groups is 1. The molecule has 2 aromatic rings. The van der Waals surface area contributed by atoms with E-state index in [1.807, 2.05) is 18.2 Å². The first-order valence-corrected chi connectivity index (χ1v) is 13.7. The van der Waals surface area contributed by atoms with Crippen LogP contribution in [0.3, 0.4) is 0 Å². The van der Waals surface area contributed by atoms with Crippen LogP contribution in [0.4, 0.5) is 18.9 Å². The van der Waals surface area contributed by atoms with Gasteiger partial charge in [0.1, 0.15) is 12.3 Å². The Labute approximate surface area is 210 Å². The lowest BCUT2D eigenvalue weighted by molar-refractivity contribution is -0.931. The second kappa shape index (κ2) is 11.1. The lowest BCUT2D eigenvalue weighted by atomic mass is 9.93. The average molecular weight is 568 g/mol. The first-order chi connectivity index (χ1) is 17.1. The van der Waals surface area contributed by atoms with Crippen molar-refractivity contribution in [1.82, 2.24) is 0 Å². The van der Waals surface area contributed by atoms with E-state index < -0.39 is 28.4 Å². The number of benzene rings is 2. The Morgan fingerprint density at radius 3 is 2.30 bits per heavy atom. The molecule has 4 atom stereocenters. The molecule has 0 saturated carbocycles. The van der Waals surface area contributed by atoms with Crippen LogP contribution in [-0.2, 0) is 30.3 Å². The molecule has 0 radical (unpaired) electrons. The lowest BCUT2D eigenvalue weighted by Gasteiger charge is -2.46. The average Bonchev–Trinajstić information content (AvgIpc) is 2.79.